The van der Waals surface area contributed by atoms with Gasteiger partial charge in [0.15, 0.2) is 11.6 Å². The largest absolute Gasteiger partial charge is 0.368 e. The number of hydrogen-bond acceptors (Lipinski definition) is 6. The summed E-state index contributed by atoms with van der Waals surface area (Å²) in [5.41, 5.74) is 4.72. The second-order valence-corrected chi connectivity index (χ2v) is 8.63. The highest BCUT2D eigenvalue weighted by Gasteiger charge is 2.35. The third-order valence-electron chi connectivity index (χ3n) is 6.14. The van der Waals surface area contributed by atoms with E-state index < -0.39 is 5.83 Å². The predicted octanol–water partition coefficient (Wildman–Crippen LogP) is 2.65. The minimum absolute atomic E-state index is 0.0769. The van der Waals surface area contributed by atoms with Crippen molar-refractivity contribution >= 4 is 23.8 Å². The smallest absolute Gasteiger partial charge is 0.202 e. The van der Waals surface area contributed by atoms with Gasteiger partial charge in [0.25, 0.3) is 0 Å². The molecule has 0 amide bonds. The number of benzene rings is 1. The van der Waals surface area contributed by atoms with Gasteiger partial charge in [-0.05, 0) is 43.2 Å². The number of carbonyl (C=O) groups excluding carboxylic acids is 1. The molecule has 1 unspecified atom stereocenters. The normalized spacial score (nSPS) is 28.1. The van der Waals surface area contributed by atoms with E-state index in [2.05, 4.69) is 47.3 Å². The number of piperazine rings is 1. The van der Waals surface area contributed by atoms with Crippen LogP contribution in [0, 0.1) is 0 Å². The lowest BCUT2D eigenvalue weighted by molar-refractivity contribution is -0.114. The van der Waals surface area contributed by atoms with E-state index in [1.165, 1.54) is 18.1 Å². The molecule has 1 aromatic carbocycles. The quantitative estimate of drug-likeness (QED) is 0.817. The van der Waals surface area contributed by atoms with Gasteiger partial charge in [-0.2, -0.15) is 0 Å². The topological polar surface area (TPSA) is 51.2 Å². The monoisotopic (exact) mass is 407 g/mol. The molecule has 1 aromatic rings. The zero-order valence-electron chi connectivity index (χ0n) is 17.5. The Kier molecular flexibility index (Phi) is 4.50. The van der Waals surface area contributed by atoms with Crippen molar-refractivity contribution in [1.82, 2.24) is 15.1 Å². The van der Waals surface area contributed by atoms with Crippen molar-refractivity contribution in [2.45, 2.75) is 38.6 Å². The van der Waals surface area contributed by atoms with Crippen LogP contribution >= 0.6 is 0 Å². The average Bonchev–Trinajstić information content (AvgIpc) is 3.01. The SMILES string of the molecule is C[C@@H]1CN(c2ccc3c(c2)CC(=O)C(C2=CN4C=C(F)C=NC4N2C)=C3)C[C@H](C)N1. The highest BCUT2D eigenvalue weighted by atomic mass is 19.1. The summed E-state index contributed by atoms with van der Waals surface area (Å²) in [7, 11) is 1.88. The van der Waals surface area contributed by atoms with E-state index in [0.717, 1.165) is 29.9 Å². The number of allylic oxidation sites excluding steroid dienone is 2. The Balaban J connectivity index is 1.44. The van der Waals surface area contributed by atoms with Crippen molar-refractivity contribution in [3.63, 3.8) is 0 Å². The molecule has 4 aliphatic rings. The zero-order valence-corrected chi connectivity index (χ0v) is 17.5. The number of Topliss-reactive ketones (excluding diaryl/α,β-unsaturated/α-hetero) is 1. The van der Waals surface area contributed by atoms with Crippen LogP contribution in [0.25, 0.3) is 6.08 Å². The second kappa shape index (κ2) is 7.09. The van der Waals surface area contributed by atoms with Gasteiger partial charge < -0.3 is 20.0 Å². The van der Waals surface area contributed by atoms with Crippen molar-refractivity contribution < 1.29 is 9.18 Å². The van der Waals surface area contributed by atoms with Gasteiger partial charge >= 0.3 is 0 Å². The molecule has 0 bridgehead atoms. The van der Waals surface area contributed by atoms with Crippen molar-refractivity contribution in [3.8, 4) is 0 Å². The molecule has 1 N–H and O–H groups in total. The highest BCUT2D eigenvalue weighted by molar-refractivity contribution is 6.07. The lowest BCUT2D eigenvalue weighted by Crippen LogP contribution is -2.54. The molecule has 1 aliphatic carbocycles. The van der Waals surface area contributed by atoms with Crippen LogP contribution in [-0.2, 0) is 11.2 Å². The number of rotatable bonds is 2. The molecule has 5 rings (SSSR count). The van der Waals surface area contributed by atoms with Crippen LogP contribution in [0.2, 0.25) is 0 Å². The van der Waals surface area contributed by atoms with E-state index in [4.69, 9.17) is 0 Å². The van der Waals surface area contributed by atoms with E-state index >= 15 is 0 Å². The number of halogens is 1. The molecular formula is C23H26FN5O. The molecule has 30 heavy (non-hydrogen) atoms. The Bertz CT molecular complexity index is 1020. The standard InChI is InChI=1S/C23H26FN5O/c1-14-10-28(11-15(2)26-14)19-5-4-16-7-20(22(30)8-17(16)6-19)21-13-29-12-18(24)9-25-23(29)27(21)3/h4-7,9,12-15,23,26H,8,10-11H2,1-3H3/t14-,15+,23?. The molecule has 6 nitrogen and oxygen atoms in total. The van der Waals surface area contributed by atoms with Crippen molar-refractivity contribution in [2.24, 2.45) is 4.99 Å². The van der Waals surface area contributed by atoms with E-state index in [9.17, 15) is 9.18 Å². The number of anilines is 1. The molecule has 7 heteroatoms. The Labute approximate surface area is 176 Å². The molecule has 0 aromatic heterocycles. The number of hydrogen-bond donors (Lipinski definition) is 1. The van der Waals surface area contributed by atoms with Crippen LogP contribution in [0.15, 0.2) is 52.7 Å². The fraction of sp³-hybridized carbons (Fsp3) is 0.391. The van der Waals surface area contributed by atoms with E-state index in [-0.39, 0.29) is 12.1 Å². The number of nitrogens with one attached hydrogen (secondary N) is 1. The third kappa shape index (κ3) is 3.23. The molecule has 0 spiro atoms. The number of carbonyl (C=O) groups is 1. The number of nitrogens with zero attached hydrogens (tertiary/aromatic N) is 4. The van der Waals surface area contributed by atoms with Gasteiger partial charge in [0, 0.05) is 62.3 Å². The molecule has 1 saturated heterocycles. The molecule has 0 radical (unpaired) electrons. The van der Waals surface area contributed by atoms with Crippen molar-refractivity contribution in [2.75, 3.05) is 25.0 Å². The molecule has 156 valence electrons. The van der Waals surface area contributed by atoms with Crippen LogP contribution in [0.1, 0.15) is 25.0 Å². The third-order valence-corrected chi connectivity index (χ3v) is 6.14. The fourth-order valence-electron chi connectivity index (χ4n) is 4.82. The number of ketones is 1. The number of aliphatic imine (C=N–C) groups is 1. The summed E-state index contributed by atoms with van der Waals surface area (Å²) in [5.74, 6) is -0.316. The van der Waals surface area contributed by atoms with E-state index in [1.807, 2.05) is 18.0 Å². The van der Waals surface area contributed by atoms with Gasteiger partial charge in [-0.25, -0.2) is 9.38 Å². The molecule has 3 heterocycles. The Morgan fingerprint density at radius 3 is 2.70 bits per heavy atom. The second-order valence-electron chi connectivity index (χ2n) is 8.63. The molecule has 1 fully saturated rings. The Hall–Kier alpha value is -2.93. The number of fused-ring (bicyclic) bond motifs is 2. The molecule has 3 atom stereocenters. The van der Waals surface area contributed by atoms with Gasteiger partial charge in [-0.3, -0.25) is 4.79 Å². The number of likely N-dealkylation sites (N-methyl/N-ethyl adjacent to an activating group) is 1. The Morgan fingerprint density at radius 2 is 1.93 bits per heavy atom. The first kappa shape index (κ1) is 19.1. The summed E-state index contributed by atoms with van der Waals surface area (Å²) >= 11 is 0. The van der Waals surface area contributed by atoms with Crippen LogP contribution in [0.5, 0.6) is 0 Å². The summed E-state index contributed by atoms with van der Waals surface area (Å²) in [6.07, 6.45) is 6.42. The summed E-state index contributed by atoms with van der Waals surface area (Å²) < 4.78 is 13.6. The molecule has 3 aliphatic heterocycles. The lowest BCUT2D eigenvalue weighted by Gasteiger charge is -2.38. The van der Waals surface area contributed by atoms with Gasteiger partial charge in [0.05, 0.1) is 11.9 Å². The van der Waals surface area contributed by atoms with E-state index in [1.54, 1.807) is 11.1 Å². The predicted molar refractivity (Wildman–Crippen MR) is 117 cm³/mol. The average molecular weight is 407 g/mol. The van der Waals surface area contributed by atoms with Crippen LogP contribution in [0.3, 0.4) is 0 Å². The minimum Gasteiger partial charge on any atom is -0.368 e. The first-order chi connectivity index (χ1) is 14.4. The van der Waals surface area contributed by atoms with Crippen LogP contribution in [-0.4, -0.2) is 60.3 Å². The van der Waals surface area contributed by atoms with Gasteiger partial charge in [0.1, 0.15) is 0 Å². The van der Waals surface area contributed by atoms with Crippen LogP contribution in [0.4, 0.5) is 10.1 Å². The van der Waals surface area contributed by atoms with Gasteiger partial charge in [-0.15, -0.1) is 0 Å². The lowest BCUT2D eigenvalue weighted by atomic mass is 9.89. The van der Waals surface area contributed by atoms with Crippen molar-refractivity contribution in [1.29, 1.82) is 0 Å². The van der Waals surface area contributed by atoms with E-state index in [0.29, 0.717) is 24.1 Å². The molecular weight excluding hydrogens is 381 g/mol. The summed E-state index contributed by atoms with van der Waals surface area (Å²) in [4.78, 5) is 23.3. The summed E-state index contributed by atoms with van der Waals surface area (Å²) in [6, 6.07) is 7.27. The first-order valence-electron chi connectivity index (χ1n) is 10.4. The van der Waals surface area contributed by atoms with Crippen molar-refractivity contribution in [3.05, 3.63) is 58.8 Å². The maximum atomic E-state index is 13.6. The highest BCUT2D eigenvalue weighted by Crippen LogP contribution is 2.35. The van der Waals surface area contributed by atoms with Gasteiger partial charge in [-0.1, -0.05) is 6.07 Å². The maximum Gasteiger partial charge on any atom is 0.202 e. The maximum absolute atomic E-state index is 13.6. The fourth-order valence-corrected chi connectivity index (χ4v) is 4.82. The first-order valence-corrected chi connectivity index (χ1v) is 10.4. The van der Waals surface area contributed by atoms with Crippen LogP contribution < -0.4 is 10.2 Å². The zero-order chi connectivity index (χ0) is 21.0. The summed E-state index contributed by atoms with van der Waals surface area (Å²) in [5, 5.41) is 3.56. The summed E-state index contributed by atoms with van der Waals surface area (Å²) in [6.45, 7) is 6.31. The molecule has 0 saturated carbocycles. The minimum atomic E-state index is -0.393. The Morgan fingerprint density at radius 1 is 1.17 bits per heavy atom. The van der Waals surface area contributed by atoms with Gasteiger partial charge in [0.2, 0.25) is 6.29 Å².